The number of anilines is 1. The van der Waals surface area contributed by atoms with Crippen LogP contribution in [-0.4, -0.2) is 26.6 Å². The molecule has 3 heterocycles. The van der Waals surface area contributed by atoms with E-state index in [1.165, 1.54) is 4.88 Å². The van der Waals surface area contributed by atoms with Crippen LogP contribution in [0.25, 0.3) is 5.69 Å². The van der Waals surface area contributed by atoms with Gasteiger partial charge in [0.25, 0.3) is 0 Å². The molecule has 1 aliphatic carbocycles. The summed E-state index contributed by atoms with van der Waals surface area (Å²) in [5.41, 5.74) is 5.54. The van der Waals surface area contributed by atoms with E-state index in [1.807, 2.05) is 60.1 Å². The van der Waals surface area contributed by atoms with E-state index in [0.29, 0.717) is 6.42 Å². The van der Waals surface area contributed by atoms with Crippen molar-refractivity contribution in [2.24, 2.45) is 0 Å². The Hall–Kier alpha value is -3.97. The zero-order valence-corrected chi connectivity index (χ0v) is 19.9. The number of carbonyl (C=O) groups excluding carboxylic acids is 1. The van der Waals surface area contributed by atoms with Gasteiger partial charge in [0.2, 0.25) is 0 Å². The number of Topliss-reactive ketones (excluding diaryl/α,β-unsaturated/α-hetero) is 1. The summed E-state index contributed by atoms with van der Waals surface area (Å²) in [6, 6.07) is 20.9. The van der Waals surface area contributed by atoms with Gasteiger partial charge in [-0.2, -0.15) is 5.10 Å². The topological polar surface area (TPSA) is 84.2 Å². The zero-order chi connectivity index (χ0) is 24.1. The first-order valence-corrected chi connectivity index (χ1v) is 12.4. The molecule has 7 heteroatoms. The predicted octanol–water partition coefficient (Wildman–Crippen LogP) is 5.90. The number of allylic oxidation sites excluding steroid dienone is 2. The van der Waals surface area contributed by atoms with Crippen LogP contribution in [0.5, 0.6) is 0 Å². The van der Waals surface area contributed by atoms with E-state index in [0.717, 1.165) is 46.0 Å². The largest absolute Gasteiger partial charge is 0.478 e. The number of para-hydroxylation sites is 1. The van der Waals surface area contributed by atoms with E-state index in [4.69, 9.17) is 5.10 Å². The molecule has 0 bridgehead atoms. The number of carbonyl (C=O) groups is 2. The van der Waals surface area contributed by atoms with E-state index < -0.39 is 5.97 Å². The van der Waals surface area contributed by atoms with E-state index >= 15 is 0 Å². The maximum absolute atomic E-state index is 13.7. The quantitative estimate of drug-likeness (QED) is 0.379. The van der Waals surface area contributed by atoms with Gasteiger partial charge in [0.15, 0.2) is 5.78 Å². The van der Waals surface area contributed by atoms with Crippen molar-refractivity contribution in [3.63, 3.8) is 0 Å². The first-order valence-electron chi connectivity index (χ1n) is 11.6. The monoisotopic (exact) mass is 481 g/mol. The maximum Gasteiger partial charge on any atom is 0.335 e. The van der Waals surface area contributed by atoms with E-state index in [2.05, 4.69) is 16.8 Å². The summed E-state index contributed by atoms with van der Waals surface area (Å²) in [5, 5.41) is 19.9. The van der Waals surface area contributed by atoms with Gasteiger partial charge in [0, 0.05) is 40.0 Å². The average Bonchev–Trinajstić information content (AvgIpc) is 3.52. The molecule has 1 aliphatic heterocycles. The van der Waals surface area contributed by atoms with Crippen LogP contribution in [0.2, 0.25) is 0 Å². The number of carboxylic acids is 1. The van der Waals surface area contributed by atoms with Crippen molar-refractivity contribution in [1.29, 1.82) is 0 Å². The number of aromatic nitrogens is 2. The molecule has 2 atom stereocenters. The molecule has 6 nitrogen and oxygen atoms in total. The number of fused-ring (bicyclic) bond motifs is 1. The summed E-state index contributed by atoms with van der Waals surface area (Å²) in [7, 11) is 0. The first kappa shape index (κ1) is 21.6. The third-order valence-electron chi connectivity index (χ3n) is 6.90. The first-order chi connectivity index (χ1) is 17.0. The van der Waals surface area contributed by atoms with Crippen LogP contribution in [0.15, 0.2) is 83.4 Å². The molecular formula is C28H23N3O3S. The number of hydrogen-bond acceptors (Lipinski definition) is 5. The minimum absolute atomic E-state index is 0.127. The number of thiophene rings is 1. The lowest BCUT2D eigenvalue weighted by Crippen LogP contribution is -2.30. The minimum Gasteiger partial charge on any atom is -0.478 e. The van der Waals surface area contributed by atoms with Crippen molar-refractivity contribution in [3.8, 4) is 5.69 Å². The number of aromatic carboxylic acids is 1. The van der Waals surface area contributed by atoms with Crippen molar-refractivity contribution >= 4 is 28.9 Å². The Bertz CT molecular complexity index is 1470. The van der Waals surface area contributed by atoms with Crippen LogP contribution in [0.3, 0.4) is 0 Å². The Morgan fingerprint density at radius 1 is 1.06 bits per heavy atom. The molecule has 6 rings (SSSR count). The lowest BCUT2D eigenvalue weighted by molar-refractivity contribution is -0.116. The van der Waals surface area contributed by atoms with E-state index in [1.54, 1.807) is 23.5 Å². The molecular weight excluding hydrogens is 458 g/mol. The molecule has 0 amide bonds. The summed E-state index contributed by atoms with van der Waals surface area (Å²) in [6.07, 6.45) is 1.20. The molecule has 0 saturated carbocycles. The second-order valence-electron chi connectivity index (χ2n) is 9.02. The molecule has 4 aromatic rings. The third-order valence-corrected chi connectivity index (χ3v) is 7.93. The van der Waals surface area contributed by atoms with Crippen LogP contribution in [-0.2, 0) is 4.79 Å². The Balaban J connectivity index is 1.53. The number of benzene rings is 2. The Morgan fingerprint density at radius 2 is 1.83 bits per heavy atom. The molecule has 35 heavy (non-hydrogen) atoms. The molecule has 2 N–H and O–H groups in total. The normalized spacial score (nSPS) is 19.2. The lowest BCUT2D eigenvalue weighted by Gasteiger charge is -2.35. The second kappa shape index (κ2) is 8.36. The summed E-state index contributed by atoms with van der Waals surface area (Å²) in [6.45, 7) is 1.96. The molecule has 2 aliphatic rings. The van der Waals surface area contributed by atoms with E-state index in [9.17, 15) is 14.7 Å². The average molecular weight is 482 g/mol. The number of rotatable bonds is 4. The van der Waals surface area contributed by atoms with Gasteiger partial charge in [-0.25, -0.2) is 9.48 Å². The summed E-state index contributed by atoms with van der Waals surface area (Å²) in [5.74, 6) is -0.151. The van der Waals surface area contributed by atoms with Gasteiger partial charge in [0.1, 0.15) is 5.82 Å². The number of aryl methyl sites for hydroxylation is 1. The molecule has 0 unspecified atom stereocenters. The lowest BCUT2D eigenvalue weighted by atomic mass is 9.73. The van der Waals surface area contributed by atoms with Crippen LogP contribution in [0, 0.1) is 6.92 Å². The SMILES string of the molecule is Cc1nn(-c2ccccc2)c2c1[C@H](c1ccc(C(=O)O)cc1)C1=C(C[C@@H](c3cccs3)CC1=O)N2. The second-order valence-corrected chi connectivity index (χ2v) is 10.00. The fourth-order valence-corrected chi connectivity index (χ4v) is 6.14. The fourth-order valence-electron chi connectivity index (χ4n) is 5.31. The number of hydrogen-bond donors (Lipinski definition) is 2. The summed E-state index contributed by atoms with van der Waals surface area (Å²) in [4.78, 5) is 26.3. The van der Waals surface area contributed by atoms with Gasteiger partial charge in [0.05, 0.1) is 16.9 Å². The van der Waals surface area contributed by atoms with Crippen molar-refractivity contribution in [2.45, 2.75) is 31.6 Å². The highest BCUT2D eigenvalue weighted by Crippen LogP contribution is 2.49. The molecule has 2 aromatic carbocycles. The Kier molecular flexibility index (Phi) is 5.15. The van der Waals surface area contributed by atoms with Gasteiger partial charge in [-0.15, -0.1) is 11.3 Å². The smallest absolute Gasteiger partial charge is 0.335 e. The standard InChI is InChI=1S/C28H23N3O3S/c1-16-24-25(17-9-11-18(12-10-17)28(33)34)26-21(14-19(15-22(26)32)23-8-5-13-35-23)29-27(24)31(30-16)20-6-3-2-4-7-20/h2-13,19,25,29H,14-15H2,1H3,(H,33,34)/t19-,25+/m1/s1. The highest BCUT2D eigenvalue weighted by Gasteiger charge is 2.41. The van der Waals surface area contributed by atoms with Gasteiger partial charge >= 0.3 is 5.97 Å². The highest BCUT2D eigenvalue weighted by molar-refractivity contribution is 7.10. The number of ketones is 1. The van der Waals surface area contributed by atoms with Crippen molar-refractivity contribution < 1.29 is 14.7 Å². The Morgan fingerprint density at radius 3 is 2.51 bits per heavy atom. The number of nitrogens with zero attached hydrogens (tertiary/aromatic N) is 2. The highest BCUT2D eigenvalue weighted by atomic mass is 32.1. The van der Waals surface area contributed by atoms with Crippen molar-refractivity contribution in [3.05, 3.63) is 111 Å². The number of nitrogens with one attached hydrogen (secondary N) is 1. The maximum atomic E-state index is 13.7. The van der Waals surface area contributed by atoms with Gasteiger partial charge < -0.3 is 10.4 Å². The number of carboxylic acid groups (broad SMARTS) is 1. The summed E-state index contributed by atoms with van der Waals surface area (Å²) >= 11 is 1.69. The van der Waals surface area contributed by atoms with Crippen LogP contribution >= 0.6 is 11.3 Å². The van der Waals surface area contributed by atoms with Crippen molar-refractivity contribution in [1.82, 2.24) is 9.78 Å². The fraction of sp³-hybridized carbons (Fsp3) is 0.179. The molecule has 0 radical (unpaired) electrons. The molecule has 0 spiro atoms. The van der Waals surface area contributed by atoms with Crippen LogP contribution in [0.4, 0.5) is 5.82 Å². The minimum atomic E-state index is -0.969. The van der Waals surface area contributed by atoms with Crippen molar-refractivity contribution in [2.75, 3.05) is 5.32 Å². The van der Waals surface area contributed by atoms with Gasteiger partial charge in [-0.3, -0.25) is 4.79 Å². The molecule has 0 saturated heterocycles. The molecule has 174 valence electrons. The van der Waals surface area contributed by atoms with Crippen LogP contribution < -0.4 is 5.32 Å². The zero-order valence-electron chi connectivity index (χ0n) is 19.1. The third kappa shape index (κ3) is 3.59. The molecule has 0 fully saturated rings. The molecule has 2 aromatic heterocycles. The van der Waals surface area contributed by atoms with Crippen LogP contribution in [0.1, 0.15) is 56.7 Å². The Labute approximate surface area is 206 Å². The summed E-state index contributed by atoms with van der Waals surface area (Å²) < 4.78 is 1.91. The van der Waals surface area contributed by atoms with E-state index in [-0.39, 0.29) is 23.2 Å². The van der Waals surface area contributed by atoms with Gasteiger partial charge in [-0.05, 0) is 54.6 Å². The predicted molar refractivity (Wildman–Crippen MR) is 135 cm³/mol. The van der Waals surface area contributed by atoms with Gasteiger partial charge in [-0.1, -0.05) is 36.4 Å².